The first kappa shape index (κ1) is 31.0. The van der Waals surface area contributed by atoms with Crippen molar-refractivity contribution in [1.29, 1.82) is 0 Å². The Bertz CT molecular complexity index is 1800. The monoisotopic (exact) mass is 628 g/mol. The summed E-state index contributed by atoms with van der Waals surface area (Å²) in [4.78, 5) is 26.8. The van der Waals surface area contributed by atoms with Gasteiger partial charge in [0.05, 0.1) is 5.75 Å². The largest absolute Gasteiger partial charge is 0.480 e. The Morgan fingerprint density at radius 3 is 2.26 bits per heavy atom. The number of anilines is 1. The molecule has 3 atom stereocenters. The third-order valence-corrected chi connectivity index (χ3v) is 12.2. The van der Waals surface area contributed by atoms with Crippen molar-refractivity contribution >= 4 is 48.4 Å². The number of nitrogens with one attached hydrogen (secondary N) is 1. The number of carbonyl (C=O) groups excluding carboxylic acids is 1. The molecule has 0 radical (unpaired) electrons. The highest BCUT2D eigenvalue weighted by Crippen LogP contribution is 2.64. The molecule has 0 saturated heterocycles. The Morgan fingerprint density at radius 1 is 1.02 bits per heavy atom. The maximum atomic E-state index is 13.3. The summed E-state index contributed by atoms with van der Waals surface area (Å²) in [6, 6.07) is 14.6. The van der Waals surface area contributed by atoms with Crippen molar-refractivity contribution in [3.05, 3.63) is 66.2 Å². The van der Waals surface area contributed by atoms with Crippen LogP contribution in [0.5, 0.6) is 5.75 Å². The minimum Gasteiger partial charge on any atom is -0.480 e. The second-order valence-corrected chi connectivity index (χ2v) is 15.6. The molecule has 1 unspecified atom stereocenters. The van der Waals surface area contributed by atoms with Gasteiger partial charge in [-0.05, 0) is 60.4 Å². The van der Waals surface area contributed by atoms with Crippen LogP contribution in [0.3, 0.4) is 0 Å². The summed E-state index contributed by atoms with van der Waals surface area (Å²) < 4.78 is 60.6. The number of aliphatic carboxylic acids is 1. The van der Waals surface area contributed by atoms with Crippen LogP contribution >= 0.6 is 0 Å². The summed E-state index contributed by atoms with van der Waals surface area (Å²) in [5, 5.41) is 11.1. The normalized spacial score (nSPS) is 22.0. The van der Waals surface area contributed by atoms with Gasteiger partial charge >= 0.3 is 16.1 Å². The van der Waals surface area contributed by atoms with Crippen LogP contribution in [0, 0.1) is 16.7 Å². The van der Waals surface area contributed by atoms with Crippen LogP contribution in [-0.2, 0) is 36.2 Å². The minimum absolute atomic E-state index is 0.00935. The lowest BCUT2D eigenvalue weighted by atomic mass is 9.70. The van der Waals surface area contributed by atoms with E-state index in [4.69, 9.17) is 4.18 Å². The Morgan fingerprint density at radius 2 is 1.67 bits per heavy atom. The Kier molecular flexibility index (Phi) is 7.85. The predicted molar refractivity (Wildman–Crippen MR) is 163 cm³/mol. The van der Waals surface area contributed by atoms with Gasteiger partial charge in [0, 0.05) is 42.4 Å². The molecule has 230 valence electrons. The van der Waals surface area contributed by atoms with Crippen molar-refractivity contribution in [2.45, 2.75) is 50.5 Å². The molecule has 0 heterocycles. The first-order valence-corrected chi connectivity index (χ1v) is 17.1. The number of carboxylic acids is 1. The van der Waals surface area contributed by atoms with E-state index in [9.17, 15) is 31.5 Å². The van der Waals surface area contributed by atoms with Crippen molar-refractivity contribution in [3.8, 4) is 5.75 Å². The molecule has 0 aromatic heterocycles. The van der Waals surface area contributed by atoms with E-state index in [1.165, 1.54) is 30.3 Å². The van der Waals surface area contributed by atoms with Crippen LogP contribution in [0.1, 0.15) is 38.7 Å². The Hall–Kier alpha value is -3.48. The summed E-state index contributed by atoms with van der Waals surface area (Å²) >= 11 is 0. The van der Waals surface area contributed by atoms with E-state index in [2.05, 4.69) is 4.72 Å². The maximum Gasteiger partial charge on any atom is 0.339 e. The van der Waals surface area contributed by atoms with Gasteiger partial charge in [-0.1, -0.05) is 50.2 Å². The van der Waals surface area contributed by atoms with Gasteiger partial charge in [-0.15, -0.1) is 0 Å². The summed E-state index contributed by atoms with van der Waals surface area (Å²) in [6.45, 7) is 3.84. The van der Waals surface area contributed by atoms with Crippen molar-refractivity contribution < 1.29 is 35.7 Å². The zero-order chi connectivity index (χ0) is 31.4. The SMILES string of the molecule is CN(C)c1cccc2c(S(=O)(=O)Oc3ccc(C[C@H](NS(=O)(=O)CC45CC[C@@H](CC4=O)C5(C)C)C(=O)O)cc3)cccc12. The van der Waals surface area contributed by atoms with Crippen molar-refractivity contribution in [3.63, 3.8) is 0 Å². The fourth-order valence-electron chi connectivity index (χ4n) is 6.83. The molecule has 10 nitrogen and oxygen atoms in total. The average Bonchev–Trinajstić information content (AvgIpc) is 3.26. The summed E-state index contributed by atoms with van der Waals surface area (Å²) in [5.41, 5.74) is -0.186. The predicted octanol–water partition coefficient (Wildman–Crippen LogP) is 3.98. The van der Waals surface area contributed by atoms with Crippen LogP contribution in [-0.4, -0.2) is 59.6 Å². The van der Waals surface area contributed by atoms with Crippen molar-refractivity contribution in [2.24, 2.45) is 16.7 Å². The number of rotatable bonds is 11. The van der Waals surface area contributed by atoms with Gasteiger partial charge in [-0.25, -0.2) is 13.1 Å². The number of hydrogen-bond acceptors (Lipinski definition) is 8. The molecule has 2 aliphatic carbocycles. The molecule has 5 rings (SSSR count). The molecule has 2 bridgehead atoms. The maximum absolute atomic E-state index is 13.3. The van der Waals surface area contributed by atoms with E-state index in [1.807, 2.05) is 45.0 Å². The molecule has 0 spiro atoms. The molecule has 3 aromatic rings. The van der Waals surface area contributed by atoms with E-state index < -0.39 is 48.7 Å². The number of benzene rings is 3. The molecule has 0 aliphatic heterocycles. The van der Waals surface area contributed by atoms with E-state index >= 15 is 0 Å². The summed E-state index contributed by atoms with van der Waals surface area (Å²) in [7, 11) is -4.60. The van der Waals surface area contributed by atoms with Crippen molar-refractivity contribution in [1.82, 2.24) is 4.72 Å². The molecule has 2 fully saturated rings. The molecule has 12 heteroatoms. The lowest BCUT2D eigenvalue weighted by Crippen LogP contribution is -2.49. The van der Waals surface area contributed by atoms with E-state index in [1.54, 1.807) is 18.2 Å². The number of Topliss-reactive ketones (excluding diaryl/α,β-unsaturated/α-hetero) is 1. The highest BCUT2D eigenvalue weighted by molar-refractivity contribution is 7.89. The second-order valence-electron chi connectivity index (χ2n) is 12.3. The average molecular weight is 629 g/mol. The van der Waals surface area contributed by atoms with Gasteiger partial charge in [0.1, 0.15) is 22.5 Å². The fraction of sp³-hybridized carbons (Fsp3) is 0.419. The van der Waals surface area contributed by atoms with Crippen LogP contribution in [0.4, 0.5) is 5.69 Å². The van der Waals surface area contributed by atoms with Gasteiger partial charge in [-0.3, -0.25) is 9.59 Å². The van der Waals surface area contributed by atoms with Gasteiger partial charge in [0.15, 0.2) is 0 Å². The Labute approximate surface area is 252 Å². The number of carbonyl (C=O) groups is 2. The lowest BCUT2D eigenvalue weighted by Gasteiger charge is -2.36. The third kappa shape index (κ3) is 5.63. The van der Waals surface area contributed by atoms with E-state index in [0.717, 1.165) is 17.5 Å². The molecular weight excluding hydrogens is 592 g/mol. The molecule has 2 aliphatic rings. The van der Waals surface area contributed by atoms with Crippen LogP contribution < -0.4 is 13.8 Å². The van der Waals surface area contributed by atoms with E-state index in [-0.39, 0.29) is 28.8 Å². The summed E-state index contributed by atoms with van der Waals surface area (Å²) in [5.74, 6) is -1.72. The lowest BCUT2D eigenvalue weighted by molar-refractivity contribution is -0.138. The quantitative estimate of drug-likeness (QED) is 0.301. The third-order valence-electron chi connectivity index (χ3n) is 9.37. The Balaban J connectivity index is 1.30. The van der Waals surface area contributed by atoms with Gasteiger partial charge in [-0.2, -0.15) is 8.42 Å². The van der Waals surface area contributed by atoms with Gasteiger partial charge in [0.25, 0.3) is 0 Å². The van der Waals surface area contributed by atoms with E-state index in [0.29, 0.717) is 23.8 Å². The van der Waals surface area contributed by atoms with Gasteiger partial charge in [0.2, 0.25) is 10.0 Å². The molecule has 43 heavy (non-hydrogen) atoms. The number of sulfonamides is 1. The van der Waals surface area contributed by atoms with Crippen LogP contribution in [0.2, 0.25) is 0 Å². The zero-order valence-corrected chi connectivity index (χ0v) is 26.2. The second kappa shape index (κ2) is 10.9. The number of ketones is 1. The molecule has 3 aromatic carbocycles. The zero-order valence-electron chi connectivity index (χ0n) is 24.5. The highest BCUT2D eigenvalue weighted by atomic mass is 32.2. The van der Waals surface area contributed by atoms with Gasteiger partial charge < -0.3 is 14.2 Å². The number of fused-ring (bicyclic) bond motifs is 3. The topological polar surface area (TPSA) is 147 Å². The first-order chi connectivity index (χ1) is 20.1. The fourth-order valence-corrected chi connectivity index (χ4v) is 10.0. The van der Waals surface area contributed by atoms with Crippen LogP contribution in [0.25, 0.3) is 10.8 Å². The first-order valence-electron chi connectivity index (χ1n) is 14.0. The molecule has 2 N–H and O–H groups in total. The number of hydrogen-bond donors (Lipinski definition) is 2. The minimum atomic E-state index is -4.22. The molecule has 2 saturated carbocycles. The van der Waals surface area contributed by atoms with Crippen LogP contribution in [0.15, 0.2) is 65.6 Å². The standard InChI is InChI=1S/C31H36N2O8S2/c1-30(2)21-15-16-31(30,28(34)18-21)19-42(37,38)32-25(29(35)36)17-20-11-13-22(14-12-20)41-43(39,40)27-10-6-7-23-24(27)8-5-9-26(23)33(3)4/h5-14,21,25,32H,15-19H2,1-4H3,(H,35,36)/t21-,25-,31?/m0/s1. The smallest absolute Gasteiger partial charge is 0.339 e. The van der Waals surface area contributed by atoms with Crippen molar-refractivity contribution in [2.75, 3.05) is 24.7 Å². The number of nitrogens with zero attached hydrogens (tertiary/aromatic N) is 1. The molecular formula is C31H36N2O8S2. The number of carboxylic acid groups (broad SMARTS) is 1. The highest BCUT2D eigenvalue weighted by Gasteiger charge is 2.65. The summed E-state index contributed by atoms with van der Waals surface area (Å²) in [6.07, 6.45) is 1.41. The molecule has 0 amide bonds.